The summed E-state index contributed by atoms with van der Waals surface area (Å²) in [5.74, 6) is 1.44. The minimum absolute atomic E-state index is 0.0318. The van der Waals surface area contributed by atoms with Crippen LogP contribution in [-0.4, -0.2) is 21.3 Å². The Bertz CT molecular complexity index is 512. The fourth-order valence-corrected chi connectivity index (χ4v) is 2.54. The summed E-state index contributed by atoms with van der Waals surface area (Å²) in [4.78, 5) is 4.87. The second kappa shape index (κ2) is 6.02. The van der Waals surface area contributed by atoms with Crippen LogP contribution in [0.15, 0.2) is 41.6 Å². The zero-order valence-corrected chi connectivity index (χ0v) is 11.0. The van der Waals surface area contributed by atoms with Crippen molar-refractivity contribution < 1.29 is 4.39 Å². The van der Waals surface area contributed by atoms with Crippen molar-refractivity contribution in [2.75, 3.05) is 5.75 Å². The SMILES string of the molecule is Cn1ccnc1CC(N)CSc1ccccc1F. The number of nitrogens with two attached hydrogens (primary N) is 1. The van der Waals surface area contributed by atoms with Crippen molar-refractivity contribution in [3.8, 4) is 0 Å². The van der Waals surface area contributed by atoms with Gasteiger partial charge in [-0.05, 0) is 12.1 Å². The normalized spacial score (nSPS) is 12.6. The fourth-order valence-electron chi connectivity index (χ4n) is 1.65. The molecule has 2 aromatic rings. The summed E-state index contributed by atoms with van der Waals surface area (Å²) in [5, 5.41) is 0. The Morgan fingerprint density at radius 1 is 1.44 bits per heavy atom. The quantitative estimate of drug-likeness (QED) is 0.843. The average molecular weight is 265 g/mol. The summed E-state index contributed by atoms with van der Waals surface area (Å²) in [5.41, 5.74) is 6.04. The van der Waals surface area contributed by atoms with Gasteiger partial charge in [-0.3, -0.25) is 0 Å². The number of halogens is 1. The molecule has 0 fully saturated rings. The lowest BCUT2D eigenvalue weighted by Crippen LogP contribution is -2.27. The zero-order chi connectivity index (χ0) is 13.0. The van der Waals surface area contributed by atoms with Gasteiger partial charge in [0.05, 0.1) is 0 Å². The summed E-state index contributed by atoms with van der Waals surface area (Å²) in [6.07, 6.45) is 4.35. The van der Waals surface area contributed by atoms with Crippen LogP contribution in [0, 0.1) is 5.82 Å². The van der Waals surface area contributed by atoms with E-state index < -0.39 is 0 Å². The molecule has 18 heavy (non-hydrogen) atoms. The standard InChI is InChI=1S/C13H16FN3S/c1-17-7-6-16-13(17)8-10(15)9-18-12-5-3-2-4-11(12)14/h2-7,10H,8-9,15H2,1H3. The number of aromatic nitrogens is 2. The van der Waals surface area contributed by atoms with Gasteiger partial charge in [0.15, 0.2) is 0 Å². The maximum atomic E-state index is 13.4. The molecule has 1 atom stereocenters. The third kappa shape index (κ3) is 3.34. The molecule has 96 valence electrons. The van der Waals surface area contributed by atoms with E-state index >= 15 is 0 Å². The zero-order valence-electron chi connectivity index (χ0n) is 10.2. The summed E-state index contributed by atoms with van der Waals surface area (Å²) in [7, 11) is 1.94. The molecule has 1 aromatic carbocycles. The molecule has 0 spiro atoms. The predicted octanol–water partition coefficient (Wildman–Crippen LogP) is 2.22. The van der Waals surface area contributed by atoms with Crippen LogP contribution in [0.2, 0.25) is 0 Å². The number of nitrogens with zero attached hydrogens (tertiary/aromatic N) is 2. The molecule has 0 radical (unpaired) electrons. The van der Waals surface area contributed by atoms with Crippen molar-refractivity contribution in [1.29, 1.82) is 0 Å². The number of hydrogen-bond acceptors (Lipinski definition) is 3. The second-order valence-corrected chi connectivity index (χ2v) is 5.22. The molecule has 2 rings (SSSR count). The van der Waals surface area contributed by atoms with E-state index in [0.717, 1.165) is 5.82 Å². The lowest BCUT2D eigenvalue weighted by atomic mass is 10.2. The first-order valence-corrected chi connectivity index (χ1v) is 6.74. The summed E-state index contributed by atoms with van der Waals surface area (Å²) < 4.78 is 15.4. The Morgan fingerprint density at radius 3 is 2.89 bits per heavy atom. The van der Waals surface area contributed by atoms with Gasteiger partial charge in [0.1, 0.15) is 11.6 Å². The van der Waals surface area contributed by atoms with Crippen molar-refractivity contribution in [2.24, 2.45) is 12.8 Å². The first-order valence-electron chi connectivity index (χ1n) is 5.76. The van der Waals surface area contributed by atoms with Gasteiger partial charge in [-0.2, -0.15) is 0 Å². The van der Waals surface area contributed by atoms with E-state index in [1.807, 2.05) is 23.9 Å². The Kier molecular flexibility index (Phi) is 4.38. The molecule has 0 amide bonds. The lowest BCUT2D eigenvalue weighted by molar-refractivity contribution is 0.601. The molecule has 1 aromatic heterocycles. The topological polar surface area (TPSA) is 43.8 Å². The van der Waals surface area contributed by atoms with E-state index in [1.165, 1.54) is 17.8 Å². The number of thioether (sulfide) groups is 1. The third-order valence-corrected chi connectivity index (χ3v) is 3.89. The summed E-state index contributed by atoms with van der Waals surface area (Å²) in [6, 6.07) is 6.72. The number of aryl methyl sites for hydroxylation is 1. The molecule has 0 bridgehead atoms. The molecular weight excluding hydrogens is 249 g/mol. The van der Waals surface area contributed by atoms with Gasteiger partial charge >= 0.3 is 0 Å². The van der Waals surface area contributed by atoms with Gasteiger partial charge in [-0.15, -0.1) is 11.8 Å². The minimum atomic E-state index is -0.188. The van der Waals surface area contributed by atoms with Crippen molar-refractivity contribution >= 4 is 11.8 Å². The van der Waals surface area contributed by atoms with Gasteiger partial charge in [0.2, 0.25) is 0 Å². The lowest BCUT2D eigenvalue weighted by Gasteiger charge is -2.11. The Hall–Kier alpha value is -1.33. The highest BCUT2D eigenvalue weighted by Gasteiger charge is 2.09. The van der Waals surface area contributed by atoms with Crippen LogP contribution in [0.5, 0.6) is 0 Å². The monoisotopic (exact) mass is 265 g/mol. The van der Waals surface area contributed by atoms with Gasteiger partial charge in [-0.1, -0.05) is 12.1 Å². The largest absolute Gasteiger partial charge is 0.338 e. The highest BCUT2D eigenvalue weighted by atomic mass is 32.2. The Morgan fingerprint density at radius 2 is 2.22 bits per heavy atom. The van der Waals surface area contributed by atoms with Gasteiger partial charge < -0.3 is 10.3 Å². The predicted molar refractivity (Wildman–Crippen MR) is 72.0 cm³/mol. The molecule has 5 heteroatoms. The van der Waals surface area contributed by atoms with Crippen molar-refractivity contribution in [3.05, 3.63) is 48.3 Å². The fraction of sp³-hybridized carbons (Fsp3) is 0.308. The minimum Gasteiger partial charge on any atom is -0.338 e. The van der Waals surface area contributed by atoms with Crippen LogP contribution >= 0.6 is 11.8 Å². The van der Waals surface area contributed by atoms with Crippen LogP contribution in [0.25, 0.3) is 0 Å². The highest BCUT2D eigenvalue weighted by Crippen LogP contribution is 2.21. The van der Waals surface area contributed by atoms with Crippen LogP contribution in [0.4, 0.5) is 4.39 Å². The summed E-state index contributed by atoms with van der Waals surface area (Å²) in [6.45, 7) is 0. The molecule has 0 saturated carbocycles. The third-order valence-electron chi connectivity index (χ3n) is 2.66. The Balaban J connectivity index is 1.87. The van der Waals surface area contributed by atoms with Crippen LogP contribution in [0.1, 0.15) is 5.82 Å². The molecule has 0 aliphatic heterocycles. The molecule has 0 aliphatic carbocycles. The van der Waals surface area contributed by atoms with E-state index in [0.29, 0.717) is 17.1 Å². The first-order chi connectivity index (χ1) is 8.66. The number of rotatable bonds is 5. The maximum absolute atomic E-state index is 13.4. The van der Waals surface area contributed by atoms with E-state index in [1.54, 1.807) is 18.3 Å². The summed E-state index contributed by atoms with van der Waals surface area (Å²) >= 11 is 1.45. The average Bonchev–Trinajstić information content (AvgIpc) is 2.74. The molecule has 0 saturated heterocycles. The highest BCUT2D eigenvalue weighted by molar-refractivity contribution is 7.99. The van der Waals surface area contributed by atoms with Crippen LogP contribution in [-0.2, 0) is 13.5 Å². The van der Waals surface area contributed by atoms with E-state index in [-0.39, 0.29) is 11.9 Å². The maximum Gasteiger partial charge on any atom is 0.136 e. The van der Waals surface area contributed by atoms with Crippen molar-refractivity contribution in [1.82, 2.24) is 9.55 Å². The number of benzene rings is 1. The molecular formula is C13H16FN3S. The van der Waals surface area contributed by atoms with Crippen LogP contribution < -0.4 is 5.73 Å². The molecule has 1 unspecified atom stereocenters. The van der Waals surface area contributed by atoms with E-state index in [9.17, 15) is 4.39 Å². The molecule has 3 nitrogen and oxygen atoms in total. The molecule has 1 heterocycles. The van der Waals surface area contributed by atoms with E-state index in [2.05, 4.69) is 4.98 Å². The number of hydrogen-bond donors (Lipinski definition) is 1. The van der Waals surface area contributed by atoms with Crippen molar-refractivity contribution in [3.63, 3.8) is 0 Å². The first kappa shape index (κ1) is 13.1. The number of imidazole rings is 1. The molecule has 2 N–H and O–H groups in total. The smallest absolute Gasteiger partial charge is 0.136 e. The van der Waals surface area contributed by atoms with Gasteiger partial charge in [0, 0.05) is 42.6 Å². The molecule has 0 aliphatic rings. The Labute approximate surface area is 110 Å². The van der Waals surface area contributed by atoms with Crippen molar-refractivity contribution in [2.45, 2.75) is 17.4 Å². The van der Waals surface area contributed by atoms with Gasteiger partial charge in [-0.25, -0.2) is 9.37 Å². The van der Waals surface area contributed by atoms with Gasteiger partial charge in [0.25, 0.3) is 0 Å². The van der Waals surface area contributed by atoms with Crippen LogP contribution in [0.3, 0.4) is 0 Å². The van der Waals surface area contributed by atoms with E-state index in [4.69, 9.17) is 5.73 Å². The second-order valence-electron chi connectivity index (χ2n) is 4.16.